The smallest absolute Gasteiger partial charge is 0.271 e. The minimum absolute atomic E-state index is 0.0658. The fourth-order valence-corrected chi connectivity index (χ4v) is 1.15. The van der Waals surface area contributed by atoms with Gasteiger partial charge in [0.25, 0.3) is 5.91 Å². The lowest BCUT2D eigenvalue weighted by Gasteiger charge is -1.97. The minimum Gasteiger partial charge on any atom is -0.344 e. The highest BCUT2D eigenvalue weighted by Crippen LogP contribution is 1.99. The van der Waals surface area contributed by atoms with Gasteiger partial charge in [0.15, 0.2) is 0 Å². The maximum atomic E-state index is 11.1. The second kappa shape index (κ2) is 3.96. The van der Waals surface area contributed by atoms with Gasteiger partial charge in [0.2, 0.25) is 0 Å². The average Bonchev–Trinajstić information content (AvgIpc) is 2.51. The van der Waals surface area contributed by atoms with Crippen molar-refractivity contribution >= 4 is 23.0 Å². The molecule has 0 atom stereocenters. The number of hydrogen-bond acceptors (Lipinski definition) is 4. The zero-order chi connectivity index (χ0) is 8.97. The first-order valence-electron chi connectivity index (χ1n) is 3.36. The predicted octanol–water partition coefficient (Wildman–Crippen LogP) is 0.462. The van der Waals surface area contributed by atoms with E-state index in [-0.39, 0.29) is 18.2 Å². The number of aromatic nitrogens is 1. The van der Waals surface area contributed by atoms with E-state index in [0.717, 1.165) is 0 Å². The number of carbonyl (C=O) groups excluding carboxylic acids is 2. The summed E-state index contributed by atoms with van der Waals surface area (Å²) in [7, 11) is 0. The third-order valence-corrected chi connectivity index (χ3v) is 1.75. The van der Waals surface area contributed by atoms with Gasteiger partial charge in [-0.3, -0.25) is 9.59 Å². The Morgan fingerprint density at radius 2 is 2.42 bits per heavy atom. The molecule has 0 radical (unpaired) electrons. The van der Waals surface area contributed by atoms with Crippen LogP contribution in [0.5, 0.6) is 0 Å². The van der Waals surface area contributed by atoms with Crippen molar-refractivity contribution in [1.82, 2.24) is 10.3 Å². The van der Waals surface area contributed by atoms with Crippen LogP contribution in [-0.4, -0.2) is 23.2 Å². The molecule has 0 aromatic carbocycles. The summed E-state index contributed by atoms with van der Waals surface area (Å²) < 4.78 is 0. The van der Waals surface area contributed by atoms with Crippen LogP contribution in [0.15, 0.2) is 10.9 Å². The molecule has 0 aliphatic carbocycles. The SMILES string of the molecule is CC(=O)CNC(=O)c1cscn1. The molecule has 0 spiro atoms. The normalized spacial score (nSPS) is 9.42. The van der Waals surface area contributed by atoms with Gasteiger partial charge >= 0.3 is 0 Å². The third kappa shape index (κ3) is 2.43. The monoisotopic (exact) mass is 184 g/mol. The van der Waals surface area contributed by atoms with Crippen molar-refractivity contribution in [2.45, 2.75) is 6.92 Å². The first kappa shape index (κ1) is 8.86. The van der Waals surface area contributed by atoms with Gasteiger partial charge in [0.05, 0.1) is 12.1 Å². The van der Waals surface area contributed by atoms with Gasteiger partial charge in [-0.1, -0.05) is 0 Å². The fraction of sp³-hybridized carbons (Fsp3) is 0.286. The van der Waals surface area contributed by atoms with Crippen molar-refractivity contribution in [2.24, 2.45) is 0 Å². The second-order valence-corrected chi connectivity index (χ2v) is 2.98. The molecule has 1 N–H and O–H groups in total. The first-order valence-corrected chi connectivity index (χ1v) is 4.30. The topological polar surface area (TPSA) is 59.1 Å². The second-order valence-electron chi connectivity index (χ2n) is 2.26. The van der Waals surface area contributed by atoms with Crippen molar-refractivity contribution in [2.75, 3.05) is 6.54 Å². The van der Waals surface area contributed by atoms with Gasteiger partial charge in [-0.05, 0) is 6.92 Å². The molecule has 1 aromatic heterocycles. The van der Waals surface area contributed by atoms with E-state index in [1.54, 1.807) is 10.9 Å². The van der Waals surface area contributed by atoms with Crippen molar-refractivity contribution in [3.05, 3.63) is 16.6 Å². The standard InChI is InChI=1S/C7H8N2O2S/c1-5(10)2-8-7(11)6-3-12-4-9-6/h3-4H,2H2,1H3,(H,8,11). The van der Waals surface area contributed by atoms with Gasteiger partial charge in [-0.25, -0.2) is 4.98 Å². The summed E-state index contributed by atoms with van der Waals surface area (Å²) in [5.74, 6) is -0.370. The van der Waals surface area contributed by atoms with Crippen LogP contribution in [-0.2, 0) is 4.79 Å². The zero-order valence-electron chi connectivity index (χ0n) is 6.53. The molecule has 0 fully saturated rings. The Morgan fingerprint density at radius 1 is 1.67 bits per heavy atom. The highest BCUT2D eigenvalue weighted by molar-refractivity contribution is 7.07. The van der Waals surface area contributed by atoms with Crippen LogP contribution in [0.25, 0.3) is 0 Å². The fourth-order valence-electron chi connectivity index (χ4n) is 0.620. The number of hydrogen-bond donors (Lipinski definition) is 1. The van der Waals surface area contributed by atoms with E-state index in [1.165, 1.54) is 18.3 Å². The summed E-state index contributed by atoms with van der Waals surface area (Å²) in [5, 5.41) is 4.07. The molecule has 0 saturated carbocycles. The van der Waals surface area contributed by atoms with E-state index in [0.29, 0.717) is 5.69 Å². The summed E-state index contributed by atoms with van der Waals surface area (Å²) in [6, 6.07) is 0. The molecular formula is C7H8N2O2S. The van der Waals surface area contributed by atoms with Crippen LogP contribution in [0.3, 0.4) is 0 Å². The lowest BCUT2D eigenvalue weighted by Crippen LogP contribution is -2.28. The molecule has 0 saturated heterocycles. The molecule has 1 rings (SSSR count). The molecule has 64 valence electrons. The molecule has 0 aliphatic rings. The predicted molar refractivity (Wildman–Crippen MR) is 45.1 cm³/mol. The average molecular weight is 184 g/mol. The Kier molecular flexibility index (Phi) is 2.93. The summed E-state index contributed by atoms with van der Waals surface area (Å²) >= 11 is 1.35. The van der Waals surface area contributed by atoms with Crippen molar-refractivity contribution in [3.8, 4) is 0 Å². The quantitative estimate of drug-likeness (QED) is 0.742. The Hall–Kier alpha value is -1.23. The lowest BCUT2D eigenvalue weighted by molar-refractivity contribution is -0.116. The number of amides is 1. The minimum atomic E-state index is -0.300. The number of ketones is 1. The van der Waals surface area contributed by atoms with Crippen LogP contribution in [0, 0.1) is 0 Å². The Balaban J connectivity index is 2.45. The van der Waals surface area contributed by atoms with Crippen LogP contribution < -0.4 is 5.32 Å². The molecule has 0 unspecified atom stereocenters. The van der Waals surface area contributed by atoms with Gasteiger partial charge < -0.3 is 5.32 Å². The number of carbonyl (C=O) groups is 2. The highest BCUT2D eigenvalue weighted by atomic mass is 32.1. The van der Waals surface area contributed by atoms with Crippen molar-refractivity contribution in [1.29, 1.82) is 0 Å². The van der Waals surface area contributed by atoms with Crippen molar-refractivity contribution in [3.63, 3.8) is 0 Å². The van der Waals surface area contributed by atoms with Crippen LogP contribution in [0.2, 0.25) is 0 Å². The van der Waals surface area contributed by atoms with Gasteiger partial charge in [0, 0.05) is 5.38 Å². The maximum absolute atomic E-state index is 11.1. The summed E-state index contributed by atoms with van der Waals surface area (Å²) in [6.07, 6.45) is 0. The summed E-state index contributed by atoms with van der Waals surface area (Å²) in [6.45, 7) is 1.48. The summed E-state index contributed by atoms with van der Waals surface area (Å²) in [5.41, 5.74) is 1.93. The van der Waals surface area contributed by atoms with Crippen LogP contribution in [0.4, 0.5) is 0 Å². The maximum Gasteiger partial charge on any atom is 0.271 e. The number of rotatable bonds is 3. The molecule has 4 nitrogen and oxygen atoms in total. The molecule has 5 heteroatoms. The molecule has 12 heavy (non-hydrogen) atoms. The molecular weight excluding hydrogens is 176 g/mol. The zero-order valence-corrected chi connectivity index (χ0v) is 7.35. The van der Waals surface area contributed by atoms with E-state index in [1.807, 2.05) is 0 Å². The van der Waals surface area contributed by atoms with E-state index in [9.17, 15) is 9.59 Å². The Labute approximate surface area is 73.6 Å². The van der Waals surface area contributed by atoms with Gasteiger partial charge in [-0.2, -0.15) is 0 Å². The first-order chi connectivity index (χ1) is 5.70. The van der Waals surface area contributed by atoms with Crippen LogP contribution in [0.1, 0.15) is 17.4 Å². The summed E-state index contributed by atoms with van der Waals surface area (Å²) in [4.78, 5) is 25.4. The van der Waals surface area contributed by atoms with E-state index in [4.69, 9.17) is 0 Å². The molecule has 0 bridgehead atoms. The third-order valence-electron chi connectivity index (χ3n) is 1.16. The lowest BCUT2D eigenvalue weighted by atomic mass is 10.4. The van der Waals surface area contributed by atoms with Crippen molar-refractivity contribution < 1.29 is 9.59 Å². The number of thiazole rings is 1. The highest BCUT2D eigenvalue weighted by Gasteiger charge is 2.06. The Bertz CT molecular complexity index is 282. The Morgan fingerprint density at radius 3 is 2.92 bits per heavy atom. The van der Waals surface area contributed by atoms with Gasteiger partial charge in [0.1, 0.15) is 11.5 Å². The van der Waals surface area contributed by atoms with Crippen LogP contribution >= 0.6 is 11.3 Å². The number of Topliss-reactive ketones (excluding diaryl/α,β-unsaturated/α-hetero) is 1. The van der Waals surface area contributed by atoms with E-state index in [2.05, 4.69) is 10.3 Å². The van der Waals surface area contributed by atoms with E-state index < -0.39 is 0 Å². The van der Waals surface area contributed by atoms with E-state index >= 15 is 0 Å². The molecule has 0 aliphatic heterocycles. The van der Waals surface area contributed by atoms with Gasteiger partial charge in [-0.15, -0.1) is 11.3 Å². The molecule has 1 amide bonds. The largest absolute Gasteiger partial charge is 0.344 e. The number of nitrogens with zero attached hydrogens (tertiary/aromatic N) is 1. The molecule has 1 aromatic rings. The molecule has 1 heterocycles. The number of nitrogens with one attached hydrogen (secondary N) is 1.